The van der Waals surface area contributed by atoms with E-state index in [0.29, 0.717) is 17.6 Å². The number of guanidine groups is 1. The maximum absolute atomic E-state index is 5.98. The van der Waals surface area contributed by atoms with Crippen LogP contribution in [-0.4, -0.2) is 26.2 Å². The van der Waals surface area contributed by atoms with E-state index in [1.807, 2.05) is 18.2 Å². The number of nitrogens with zero attached hydrogens (tertiary/aromatic N) is 1. The predicted molar refractivity (Wildman–Crippen MR) is 88.2 cm³/mol. The summed E-state index contributed by atoms with van der Waals surface area (Å²) < 4.78 is 5.36. The molecule has 0 aliphatic heterocycles. The van der Waals surface area contributed by atoms with Crippen molar-refractivity contribution in [1.82, 2.24) is 10.6 Å². The molecule has 1 aliphatic rings. The molecule has 0 aromatic heterocycles. The number of hydrogen-bond donors (Lipinski definition) is 2. The first kappa shape index (κ1) is 16.0. The molecule has 1 fully saturated rings. The second-order valence-electron chi connectivity index (χ2n) is 5.36. The summed E-state index contributed by atoms with van der Waals surface area (Å²) in [6, 6.07) is 6.22. The van der Waals surface area contributed by atoms with E-state index in [-0.39, 0.29) is 0 Å². The standard InChI is InChI=1S/C16H24ClN3O/c1-18-16(20-14-6-4-3-5-7-14)19-11-12-8-9-13(17)10-15(12)21-2/h8-10,14H,3-7,11H2,1-2H3,(H2,18,19,20). The number of nitrogens with one attached hydrogen (secondary N) is 2. The van der Waals surface area contributed by atoms with Crippen molar-refractivity contribution in [3.05, 3.63) is 28.8 Å². The minimum Gasteiger partial charge on any atom is -0.496 e. The number of methoxy groups -OCH3 is 1. The average molecular weight is 310 g/mol. The third-order valence-electron chi connectivity index (χ3n) is 3.87. The van der Waals surface area contributed by atoms with Gasteiger partial charge in [-0.1, -0.05) is 36.9 Å². The summed E-state index contributed by atoms with van der Waals surface area (Å²) in [5.74, 6) is 1.64. The van der Waals surface area contributed by atoms with Crippen molar-refractivity contribution in [2.45, 2.75) is 44.7 Å². The molecule has 0 saturated heterocycles. The molecule has 0 amide bonds. The van der Waals surface area contributed by atoms with Gasteiger partial charge in [0.05, 0.1) is 7.11 Å². The lowest BCUT2D eigenvalue weighted by molar-refractivity contribution is 0.406. The molecular weight excluding hydrogens is 286 g/mol. The summed E-state index contributed by atoms with van der Waals surface area (Å²) in [4.78, 5) is 4.30. The summed E-state index contributed by atoms with van der Waals surface area (Å²) in [6.07, 6.45) is 6.42. The van der Waals surface area contributed by atoms with E-state index in [9.17, 15) is 0 Å². The van der Waals surface area contributed by atoms with Crippen LogP contribution in [-0.2, 0) is 6.54 Å². The van der Waals surface area contributed by atoms with Gasteiger partial charge in [0.25, 0.3) is 0 Å². The fraction of sp³-hybridized carbons (Fsp3) is 0.562. The smallest absolute Gasteiger partial charge is 0.191 e. The summed E-state index contributed by atoms with van der Waals surface area (Å²) in [7, 11) is 3.46. The zero-order valence-electron chi connectivity index (χ0n) is 12.8. The number of rotatable bonds is 4. The van der Waals surface area contributed by atoms with Crippen molar-refractivity contribution < 1.29 is 4.74 Å². The van der Waals surface area contributed by atoms with Crippen molar-refractivity contribution in [2.24, 2.45) is 4.99 Å². The third kappa shape index (κ3) is 4.81. The number of aliphatic imine (C=N–C) groups is 1. The quantitative estimate of drug-likeness (QED) is 0.662. The molecule has 0 bridgehead atoms. The Morgan fingerprint density at radius 2 is 2.10 bits per heavy atom. The molecule has 1 aromatic rings. The summed E-state index contributed by atoms with van der Waals surface area (Å²) in [6.45, 7) is 0.659. The molecule has 0 atom stereocenters. The lowest BCUT2D eigenvalue weighted by Gasteiger charge is -2.25. The predicted octanol–water partition coefficient (Wildman–Crippen LogP) is 3.35. The van der Waals surface area contributed by atoms with E-state index in [1.165, 1.54) is 32.1 Å². The Bertz CT molecular complexity index is 484. The van der Waals surface area contributed by atoms with Crippen LogP contribution in [0.15, 0.2) is 23.2 Å². The number of hydrogen-bond acceptors (Lipinski definition) is 2. The molecule has 5 heteroatoms. The normalized spacial score (nSPS) is 16.6. The zero-order chi connectivity index (χ0) is 15.1. The maximum atomic E-state index is 5.98. The molecule has 2 N–H and O–H groups in total. The Kier molecular flexibility index (Phi) is 6.18. The van der Waals surface area contributed by atoms with Gasteiger partial charge in [-0.3, -0.25) is 4.99 Å². The molecule has 0 heterocycles. The van der Waals surface area contributed by atoms with E-state index < -0.39 is 0 Å². The van der Waals surface area contributed by atoms with Gasteiger partial charge in [-0.2, -0.15) is 0 Å². The molecule has 1 aromatic carbocycles. The largest absolute Gasteiger partial charge is 0.496 e. The third-order valence-corrected chi connectivity index (χ3v) is 4.10. The zero-order valence-corrected chi connectivity index (χ0v) is 13.5. The fourth-order valence-electron chi connectivity index (χ4n) is 2.68. The summed E-state index contributed by atoms with van der Waals surface area (Å²) in [5.41, 5.74) is 1.06. The van der Waals surface area contributed by atoms with Crippen molar-refractivity contribution in [2.75, 3.05) is 14.2 Å². The van der Waals surface area contributed by atoms with Crippen molar-refractivity contribution in [3.63, 3.8) is 0 Å². The molecule has 116 valence electrons. The van der Waals surface area contributed by atoms with Crippen LogP contribution in [0.4, 0.5) is 0 Å². The van der Waals surface area contributed by atoms with Gasteiger partial charge in [0, 0.05) is 30.2 Å². The van der Waals surface area contributed by atoms with E-state index in [1.54, 1.807) is 14.2 Å². The van der Waals surface area contributed by atoms with E-state index in [2.05, 4.69) is 15.6 Å². The SMILES string of the molecule is CN=C(NCc1ccc(Cl)cc1OC)NC1CCCCC1. The van der Waals surface area contributed by atoms with Crippen LogP contribution >= 0.6 is 11.6 Å². The van der Waals surface area contributed by atoms with Crippen LogP contribution < -0.4 is 15.4 Å². The summed E-state index contributed by atoms with van der Waals surface area (Å²) in [5, 5.41) is 7.52. The van der Waals surface area contributed by atoms with Gasteiger partial charge in [-0.15, -0.1) is 0 Å². The number of halogens is 1. The van der Waals surface area contributed by atoms with Crippen molar-refractivity contribution in [3.8, 4) is 5.75 Å². The van der Waals surface area contributed by atoms with Crippen LogP contribution in [0.5, 0.6) is 5.75 Å². The second-order valence-corrected chi connectivity index (χ2v) is 5.80. The minimum absolute atomic E-state index is 0.539. The molecule has 2 rings (SSSR count). The highest BCUT2D eigenvalue weighted by atomic mass is 35.5. The Morgan fingerprint density at radius 3 is 2.76 bits per heavy atom. The van der Waals surface area contributed by atoms with Crippen LogP contribution in [0.3, 0.4) is 0 Å². The first-order valence-electron chi connectivity index (χ1n) is 7.52. The van der Waals surface area contributed by atoms with E-state index in [0.717, 1.165) is 17.3 Å². The Labute approximate surface area is 131 Å². The molecule has 21 heavy (non-hydrogen) atoms. The van der Waals surface area contributed by atoms with Gasteiger partial charge in [0.15, 0.2) is 5.96 Å². The molecule has 1 saturated carbocycles. The maximum Gasteiger partial charge on any atom is 0.191 e. The number of benzene rings is 1. The molecule has 0 spiro atoms. The Morgan fingerprint density at radius 1 is 1.33 bits per heavy atom. The average Bonchev–Trinajstić information content (AvgIpc) is 2.53. The van der Waals surface area contributed by atoms with Gasteiger partial charge in [-0.05, 0) is 25.0 Å². The van der Waals surface area contributed by atoms with Crippen LogP contribution in [0.2, 0.25) is 5.02 Å². The van der Waals surface area contributed by atoms with Crippen molar-refractivity contribution >= 4 is 17.6 Å². The molecular formula is C16H24ClN3O. The van der Waals surface area contributed by atoms with Crippen LogP contribution in [0.25, 0.3) is 0 Å². The second kappa shape index (κ2) is 8.13. The lowest BCUT2D eigenvalue weighted by Crippen LogP contribution is -2.43. The van der Waals surface area contributed by atoms with Crippen LogP contribution in [0.1, 0.15) is 37.7 Å². The first-order valence-corrected chi connectivity index (χ1v) is 7.90. The molecule has 4 nitrogen and oxygen atoms in total. The van der Waals surface area contributed by atoms with Gasteiger partial charge >= 0.3 is 0 Å². The topological polar surface area (TPSA) is 45.7 Å². The van der Waals surface area contributed by atoms with Crippen molar-refractivity contribution in [1.29, 1.82) is 0 Å². The van der Waals surface area contributed by atoms with Gasteiger partial charge in [0.2, 0.25) is 0 Å². The van der Waals surface area contributed by atoms with Gasteiger partial charge < -0.3 is 15.4 Å². The summed E-state index contributed by atoms with van der Waals surface area (Å²) >= 11 is 5.98. The minimum atomic E-state index is 0.539. The highest BCUT2D eigenvalue weighted by Crippen LogP contribution is 2.23. The van der Waals surface area contributed by atoms with Gasteiger partial charge in [0.1, 0.15) is 5.75 Å². The Hall–Kier alpha value is -1.42. The monoisotopic (exact) mass is 309 g/mol. The Balaban J connectivity index is 1.91. The molecule has 0 unspecified atom stereocenters. The number of ether oxygens (including phenoxy) is 1. The molecule has 1 aliphatic carbocycles. The molecule has 0 radical (unpaired) electrons. The highest BCUT2D eigenvalue weighted by molar-refractivity contribution is 6.30. The van der Waals surface area contributed by atoms with E-state index in [4.69, 9.17) is 16.3 Å². The fourth-order valence-corrected chi connectivity index (χ4v) is 2.84. The highest BCUT2D eigenvalue weighted by Gasteiger charge is 2.14. The lowest BCUT2D eigenvalue weighted by atomic mass is 9.96. The van der Waals surface area contributed by atoms with E-state index >= 15 is 0 Å². The van der Waals surface area contributed by atoms with Crippen LogP contribution in [0, 0.1) is 0 Å². The first-order chi connectivity index (χ1) is 10.2. The van der Waals surface area contributed by atoms with Gasteiger partial charge in [-0.25, -0.2) is 0 Å².